The Balaban J connectivity index is 0.000000116. The monoisotopic (exact) mass is 1690 g/mol. The van der Waals surface area contributed by atoms with E-state index in [4.69, 9.17) is 11.6 Å². The number of amides is 10. The molecule has 0 N–H and O–H groups in total. The standard InChI is InChI=1S/C25H28N2O3.C21H22N2O2.C20H20N2O2.C19H18N2O2.C18H15ClN2O2/c1-3-8-20(28)17-18-10-7-11-19(16-18)25-22-13-6-5-12-21(22)24(30)27(25)15-14-26(25)23(29)9-4-2;1-2-19(24)22-14-15-23-20(25)17-10-6-7-11-18(17)21(22,23)13-12-16-8-4-3-5-9-16;1-3-18(23)21-12-13-22-19(24)16-6-4-5-7-17(16)20(21,22)15-10-8-14(2)9-11-15;1-2-17(22)20-12-13-21-18(23)15-10-6-7-11-16(15)19(20,21)14-8-4-3-5-9-14;1-12(22)20-10-11-21-17(23)15-4-2-3-5-16(15)18(20,21)13-6-8-14(19)9-7-13/h5-7,10-13,16H,3-4,8-9,14-15,17H2,1-2H3;3-11H,2,12-15H2,1H3;4-11H,3,12-13H2,1-2H3;3-11H,2,12-13H2,1H3;2-9H,10-11H2,1H3. The number of carbonyl (C=O) groups excluding carboxylic acids is 11. The number of fused-ring (bicyclic) bond motifs is 15. The number of nitrogens with zero attached hydrogens (tertiary/aromatic N) is 10. The molecule has 10 aromatic rings. The topological polar surface area (TPSA) is 220 Å². The number of hydrogen-bond donors (Lipinski definition) is 0. The number of hydrogen-bond acceptors (Lipinski definition) is 11. The summed E-state index contributed by atoms with van der Waals surface area (Å²) in [6.45, 7) is 18.8. The van der Waals surface area contributed by atoms with Crippen LogP contribution in [0.15, 0.2) is 255 Å². The van der Waals surface area contributed by atoms with E-state index in [0.717, 1.165) is 92.4 Å². The van der Waals surface area contributed by atoms with E-state index in [0.29, 0.717) is 131 Å². The summed E-state index contributed by atoms with van der Waals surface area (Å²) in [5.41, 5.74) is 11.0. The molecular weight excluding hydrogens is 1590 g/mol. The summed E-state index contributed by atoms with van der Waals surface area (Å²) >= 11 is 6.03. The minimum Gasteiger partial charge on any atom is -0.314 e. The molecule has 5 saturated heterocycles. The van der Waals surface area contributed by atoms with Crippen LogP contribution in [0.25, 0.3) is 0 Å². The van der Waals surface area contributed by atoms with Crippen LogP contribution in [0.4, 0.5) is 0 Å². The van der Waals surface area contributed by atoms with Crippen molar-refractivity contribution in [1.82, 2.24) is 49.0 Å². The number of aryl methyl sites for hydroxylation is 2. The molecule has 638 valence electrons. The fraction of sp³-hybridized carbons (Fsp3) is 0.311. The van der Waals surface area contributed by atoms with E-state index in [1.54, 1.807) is 28.9 Å². The van der Waals surface area contributed by atoms with Gasteiger partial charge >= 0.3 is 0 Å². The smallest absolute Gasteiger partial charge is 0.256 e. The Morgan fingerprint density at radius 1 is 0.320 bits per heavy atom. The lowest BCUT2D eigenvalue weighted by Gasteiger charge is -2.40. The molecule has 20 rings (SSSR count). The van der Waals surface area contributed by atoms with Gasteiger partial charge in [0.2, 0.25) is 29.5 Å². The third kappa shape index (κ3) is 13.8. The summed E-state index contributed by atoms with van der Waals surface area (Å²) in [6, 6.07) is 81.8. The molecule has 0 spiro atoms. The van der Waals surface area contributed by atoms with Crippen LogP contribution in [0.5, 0.6) is 0 Å². The van der Waals surface area contributed by atoms with Crippen molar-refractivity contribution in [2.75, 3.05) is 65.4 Å². The van der Waals surface area contributed by atoms with Gasteiger partial charge in [0.25, 0.3) is 29.5 Å². The largest absolute Gasteiger partial charge is 0.314 e. The zero-order valence-corrected chi connectivity index (χ0v) is 72.5. The molecule has 10 aliphatic rings. The Labute approximate surface area is 734 Å². The molecule has 5 atom stereocenters. The van der Waals surface area contributed by atoms with Gasteiger partial charge in [0.1, 0.15) is 11.4 Å². The van der Waals surface area contributed by atoms with Crippen molar-refractivity contribution in [1.29, 1.82) is 0 Å². The van der Waals surface area contributed by atoms with Crippen LogP contribution in [-0.2, 0) is 69.9 Å². The van der Waals surface area contributed by atoms with Crippen LogP contribution in [0.2, 0.25) is 5.02 Å². The molecule has 5 fully saturated rings. The molecule has 10 amide bonds. The molecule has 0 aromatic heterocycles. The summed E-state index contributed by atoms with van der Waals surface area (Å²) < 4.78 is 0. The first kappa shape index (κ1) is 85.4. The SMILES string of the molecule is CC(=O)N1CCN2C(=O)c3ccccc3C12c1ccc(Cl)cc1.CCC(=O)N1CCN2C(=O)c3ccccc3C12CCc1ccccc1.CCC(=O)N1CCN2C(=O)c3ccccc3C12c1ccc(C)cc1.CCC(=O)N1CCN2C(=O)c3ccccc3C12c1ccccc1.CCCC(=O)Cc1cccc(C23c4ccccc4C(=O)N2CCN3C(=O)CCC)c1. The first-order chi connectivity index (χ1) is 60.6. The highest BCUT2D eigenvalue weighted by molar-refractivity contribution is 6.30. The van der Waals surface area contributed by atoms with Gasteiger partial charge in [-0.25, -0.2) is 0 Å². The van der Waals surface area contributed by atoms with E-state index < -0.39 is 28.3 Å². The summed E-state index contributed by atoms with van der Waals surface area (Å²) in [5.74, 6) is 0.470. The van der Waals surface area contributed by atoms with Gasteiger partial charge in [0.15, 0.2) is 22.7 Å². The van der Waals surface area contributed by atoms with Crippen LogP contribution in [-0.4, -0.2) is 179 Å². The first-order valence-electron chi connectivity index (χ1n) is 43.7. The minimum atomic E-state index is -0.927. The number of halogens is 1. The fourth-order valence-electron chi connectivity index (χ4n) is 21.2. The average molecular weight is 1690 g/mol. The Hall–Kier alpha value is -13.1. The zero-order chi connectivity index (χ0) is 87.9. The van der Waals surface area contributed by atoms with Crippen LogP contribution in [0, 0.1) is 6.92 Å². The molecule has 0 radical (unpaired) electrons. The van der Waals surface area contributed by atoms with Gasteiger partial charge in [-0.2, -0.15) is 0 Å². The average Bonchev–Trinajstić information content (AvgIpc) is 1.56. The number of Topliss-reactive ketones (excluding diaryl/α,β-unsaturated/α-hetero) is 1. The molecule has 5 unspecified atom stereocenters. The molecule has 0 saturated carbocycles. The summed E-state index contributed by atoms with van der Waals surface area (Å²) in [5, 5.41) is 0.627. The number of carbonyl (C=O) groups is 11. The first-order valence-corrected chi connectivity index (χ1v) is 44.1. The number of rotatable bonds is 16. The second-order valence-electron chi connectivity index (χ2n) is 33.1. The molecule has 0 aliphatic carbocycles. The van der Waals surface area contributed by atoms with E-state index in [-0.39, 0.29) is 64.9 Å². The maximum atomic E-state index is 13.3. The molecule has 22 heteroatoms. The van der Waals surface area contributed by atoms with Crippen LogP contribution in [0.3, 0.4) is 0 Å². The third-order valence-electron chi connectivity index (χ3n) is 26.4. The molecule has 10 aliphatic heterocycles. The lowest BCUT2D eigenvalue weighted by atomic mass is 9.88. The third-order valence-corrected chi connectivity index (χ3v) is 26.7. The van der Waals surface area contributed by atoms with Crippen molar-refractivity contribution in [2.45, 2.75) is 141 Å². The molecule has 125 heavy (non-hydrogen) atoms. The fourth-order valence-corrected chi connectivity index (χ4v) is 21.3. The highest BCUT2D eigenvalue weighted by Crippen LogP contribution is 2.56. The second-order valence-corrected chi connectivity index (χ2v) is 33.5. The zero-order valence-electron chi connectivity index (χ0n) is 71.7. The van der Waals surface area contributed by atoms with E-state index >= 15 is 0 Å². The number of benzene rings is 10. The predicted octanol–water partition coefficient (Wildman–Crippen LogP) is 15.4. The van der Waals surface area contributed by atoms with E-state index in [1.165, 1.54) is 5.56 Å². The Bertz CT molecular complexity index is 5850. The maximum absolute atomic E-state index is 13.3. The van der Waals surface area contributed by atoms with Crippen LogP contribution in [0.1, 0.15) is 211 Å². The van der Waals surface area contributed by atoms with Gasteiger partial charge in [-0.15, -0.1) is 0 Å². The van der Waals surface area contributed by atoms with Gasteiger partial charge in [-0.3, -0.25) is 52.7 Å². The summed E-state index contributed by atoms with van der Waals surface area (Å²) in [7, 11) is 0. The minimum absolute atomic E-state index is 0.0101. The Kier molecular flexibility index (Phi) is 23.8. The van der Waals surface area contributed by atoms with Crippen molar-refractivity contribution in [3.8, 4) is 0 Å². The van der Waals surface area contributed by atoms with Crippen LogP contribution < -0.4 is 0 Å². The van der Waals surface area contributed by atoms with Gasteiger partial charge in [-0.1, -0.05) is 264 Å². The van der Waals surface area contributed by atoms with Gasteiger partial charge < -0.3 is 49.0 Å². The van der Waals surface area contributed by atoms with Gasteiger partial charge in [0, 0.05) is 194 Å². The van der Waals surface area contributed by atoms with E-state index in [1.807, 2.05) is 311 Å². The lowest BCUT2D eigenvalue weighted by molar-refractivity contribution is -0.139. The Morgan fingerprint density at radius 2 is 0.648 bits per heavy atom. The van der Waals surface area contributed by atoms with E-state index in [9.17, 15) is 52.7 Å². The van der Waals surface area contributed by atoms with E-state index in [2.05, 4.69) is 12.1 Å². The van der Waals surface area contributed by atoms with Gasteiger partial charge in [-0.05, 0) is 86.2 Å². The Morgan fingerprint density at radius 3 is 1.09 bits per heavy atom. The molecule has 0 bridgehead atoms. The highest BCUT2D eigenvalue weighted by atomic mass is 35.5. The van der Waals surface area contributed by atoms with Crippen molar-refractivity contribution in [3.05, 3.63) is 354 Å². The number of ketones is 1. The molecule has 10 heterocycles. The summed E-state index contributed by atoms with van der Waals surface area (Å²) in [6.07, 6.45) is 5.83. The van der Waals surface area contributed by atoms with Crippen molar-refractivity contribution >= 4 is 76.5 Å². The van der Waals surface area contributed by atoms with Crippen LogP contribution >= 0.6 is 11.6 Å². The predicted molar refractivity (Wildman–Crippen MR) is 476 cm³/mol. The maximum Gasteiger partial charge on any atom is 0.256 e. The summed E-state index contributed by atoms with van der Waals surface area (Å²) in [4.78, 5) is 159. The van der Waals surface area contributed by atoms with Crippen molar-refractivity contribution in [2.24, 2.45) is 0 Å². The lowest BCUT2D eigenvalue weighted by Crippen LogP contribution is -2.51. The second kappa shape index (κ2) is 34.9. The van der Waals surface area contributed by atoms with Crippen molar-refractivity contribution in [3.63, 3.8) is 0 Å². The normalized spacial score (nSPS) is 21.4. The molecular formula is C103H103ClN10O11. The quantitative estimate of drug-likeness (QED) is 0.0885. The highest BCUT2D eigenvalue weighted by Gasteiger charge is 2.64. The van der Waals surface area contributed by atoms with Gasteiger partial charge in [0.05, 0.1) is 0 Å². The van der Waals surface area contributed by atoms with Crippen molar-refractivity contribution < 1.29 is 52.7 Å². The molecule has 21 nitrogen and oxygen atoms in total. The molecule has 10 aromatic carbocycles.